The summed E-state index contributed by atoms with van der Waals surface area (Å²) >= 11 is 6.87. The van der Waals surface area contributed by atoms with Crippen molar-refractivity contribution in [2.45, 2.75) is 29.3 Å². The molecule has 2 saturated heterocycles. The lowest BCUT2D eigenvalue weighted by Gasteiger charge is -2.34. The average Bonchev–Trinajstić information content (AvgIpc) is 3.23. The van der Waals surface area contributed by atoms with Gasteiger partial charge in [0.1, 0.15) is 10.3 Å². The molecule has 1 amide bonds. The molecule has 0 spiro atoms. The molecule has 2 fully saturated rings. The Labute approximate surface area is 150 Å². The minimum Gasteiger partial charge on any atom is -0.364 e. The van der Waals surface area contributed by atoms with E-state index in [2.05, 4.69) is 0 Å². The standard InChI is InChI=1S/C14H20ClN3O4S2/c15-12-3-4-13(23-12)24(20,21)18-7-5-17(6-8-18)14(19)11-2-1-10(9-16)22-11/h3-4,10-11H,1-2,5-9,16H2/t10-,11+/m1/s1. The maximum absolute atomic E-state index is 12.6. The summed E-state index contributed by atoms with van der Waals surface area (Å²) in [4.78, 5) is 14.1. The van der Waals surface area contributed by atoms with Gasteiger partial charge in [0.05, 0.1) is 10.4 Å². The summed E-state index contributed by atoms with van der Waals surface area (Å²) in [5.41, 5.74) is 5.57. The Hall–Kier alpha value is -0.710. The average molecular weight is 394 g/mol. The molecule has 24 heavy (non-hydrogen) atoms. The highest BCUT2D eigenvalue weighted by atomic mass is 35.5. The minimum absolute atomic E-state index is 0.0517. The van der Waals surface area contributed by atoms with E-state index in [1.54, 1.807) is 11.0 Å². The van der Waals surface area contributed by atoms with Crippen molar-refractivity contribution in [1.82, 2.24) is 9.21 Å². The van der Waals surface area contributed by atoms with Crippen LogP contribution in [-0.2, 0) is 19.6 Å². The monoisotopic (exact) mass is 393 g/mol. The number of amides is 1. The summed E-state index contributed by atoms with van der Waals surface area (Å²) in [7, 11) is -3.54. The Morgan fingerprint density at radius 1 is 1.29 bits per heavy atom. The van der Waals surface area contributed by atoms with Crippen molar-refractivity contribution in [2.24, 2.45) is 5.73 Å². The van der Waals surface area contributed by atoms with E-state index in [4.69, 9.17) is 22.1 Å². The molecule has 0 radical (unpaired) electrons. The van der Waals surface area contributed by atoms with Gasteiger partial charge in [0.2, 0.25) is 0 Å². The first-order valence-corrected chi connectivity index (χ1v) is 10.4. The molecule has 134 valence electrons. The van der Waals surface area contributed by atoms with Gasteiger partial charge in [0, 0.05) is 32.7 Å². The third kappa shape index (κ3) is 3.61. The molecule has 0 aliphatic carbocycles. The van der Waals surface area contributed by atoms with E-state index in [1.165, 1.54) is 10.4 Å². The molecule has 2 atom stereocenters. The molecule has 3 heterocycles. The van der Waals surface area contributed by atoms with Crippen molar-refractivity contribution in [3.05, 3.63) is 16.5 Å². The van der Waals surface area contributed by atoms with E-state index in [1.807, 2.05) is 0 Å². The van der Waals surface area contributed by atoms with E-state index in [0.717, 1.165) is 17.8 Å². The number of nitrogens with two attached hydrogens (primary N) is 1. The van der Waals surface area contributed by atoms with Crippen LogP contribution in [0.5, 0.6) is 0 Å². The Morgan fingerprint density at radius 3 is 2.54 bits per heavy atom. The van der Waals surface area contributed by atoms with Gasteiger partial charge in [-0.2, -0.15) is 4.31 Å². The van der Waals surface area contributed by atoms with Crippen LogP contribution in [0.15, 0.2) is 16.3 Å². The van der Waals surface area contributed by atoms with Gasteiger partial charge in [0.25, 0.3) is 15.9 Å². The largest absolute Gasteiger partial charge is 0.364 e. The van der Waals surface area contributed by atoms with Crippen LogP contribution in [0.3, 0.4) is 0 Å². The van der Waals surface area contributed by atoms with Gasteiger partial charge < -0.3 is 15.4 Å². The zero-order valence-electron chi connectivity index (χ0n) is 13.1. The summed E-state index contributed by atoms with van der Waals surface area (Å²) in [6.45, 7) is 1.70. The van der Waals surface area contributed by atoms with Gasteiger partial charge in [-0.05, 0) is 25.0 Å². The maximum atomic E-state index is 12.6. The second-order valence-electron chi connectivity index (χ2n) is 5.85. The summed E-state index contributed by atoms with van der Waals surface area (Å²) in [5, 5.41) is 0. The Bertz CT molecular complexity index is 701. The Balaban J connectivity index is 1.59. The van der Waals surface area contributed by atoms with Crippen molar-refractivity contribution in [2.75, 3.05) is 32.7 Å². The van der Waals surface area contributed by atoms with E-state index in [0.29, 0.717) is 30.4 Å². The number of sulfonamides is 1. The molecule has 0 unspecified atom stereocenters. The number of ether oxygens (including phenoxy) is 1. The van der Waals surface area contributed by atoms with Gasteiger partial charge in [-0.15, -0.1) is 11.3 Å². The van der Waals surface area contributed by atoms with Crippen molar-refractivity contribution in [3.8, 4) is 0 Å². The Kier molecular flexibility index (Phi) is 5.48. The van der Waals surface area contributed by atoms with Crippen LogP contribution in [-0.4, -0.2) is 68.5 Å². The minimum atomic E-state index is -3.54. The molecule has 0 bridgehead atoms. The Morgan fingerprint density at radius 2 is 2.00 bits per heavy atom. The number of rotatable bonds is 4. The lowest BCUT2D eigenvalue weighted by atomic mass is 10.1. The third-order valence-corrected chi connectivity index (χ3v) is 7.94. The number of carbonyl (C=O) groups excluding carboxylic acids is 1. The quantitative estimate of drug-likeness (QED) is 0.814. The molecule has 2 aliphatic heterocycles. The third-order valence-electron chi connectivity index (χ3n) is 4.34. The van der Waals surface area contributed by atoms with Crippen molar-refractivity contribution >= 4 is 38.9 Å². The summed E-state index contributed by atoms with van der Waals surface area (Å²) in [6, 6.07) is 3.09. The number of hydrogen-bond donors (Lipinski definition) is 1. The molecular formula is C14H20ClN3O4S2. The fourth-order valence-electron chi connectivity index (χ4n) is 2.98. The second kappa shape index (κ2) is 7.27. The van der Waals surface area contributed by atoms with Crippen LogP contribution in [0.25, 0.3) is 0 Å². The number of carbonyl (C=O) groups is 1. The summed E-state index contributed by atoms with van der Waals surface area (Å²) < 4.78 is 32.8. The van der Waals surface area contributed by atoms with Crippen molar-refractivity contribution in [1.29, 1.82) is 0 Å². The van der Waals surface area contributed by atoms with Crippen LogP contribution < -0.4 is 5.73 Å². The van der Waals surface area contributed by atoms with Crippen molar-refractivity contribution < 1.29 is 17.9 Å². The van der Waals surface area contributed by atoms with Crippen LogP contribution >= 0.6 is 22.9 Å². The van der Waals surface area contributed by atoms with Crippen LogP contribution in [0.2, 0.25) is 4.34 Å². The van der Waals surface area contributed by atoms with Gasteiger partial charge >= 0.3 is 0 Å². The van der Waals surface area contributed by atoms with Gasteiger partial charge in [-0.25, -0.2) is 8.42 Å². The molecule has 7 nitrogen and oxygen atoms in total. The normalized spacial score (nSPS) is 26.0. The molecule has 0 aromatic carbocycles. The smallest absolute Gasteiger partial charge is 0.252 e. The van der Waals surface area contributed by atoms with E-state index >= 15 is 0 Å². The summed E-state index contributed by atoms with van der Waals surface area (Å²) in [6.07, 6.45) is 0.967. The van der Waals surface area contributed by atoms with Crippen LogP contribution in [0.4, 0.5) is 0 Å². The highest BCUT2D eigenvalue weighted by Gasteiger charge is 2.36. The molecule has 1 aromatic heterocycles. The maximum Gasteiger partial charge on any atom is 0.252 e. The van der Waals surface area contributed by atoms with Gasteiger partial charge in [-0.3, -0.25) is 4.79 Å². The second-order valence-corrected chi connectivity index (χ2v) is 9.73. The number of nitrogens with zero attached hydrogens (tertiary/aromatic N) is 2. The predicted molar refractivity (Wildman–Crippen MR) is 91.6 cm³/mol. The molecular weight excluding hydrogens is 374 g/mol. The lowest BCUT2D eigenvalue weighted by Crippen LogP contribution is -2.52. The van der Waals surface area contributed by atoms with E-state index in [-0.39, 0.29) is 29.3 Å². The first-order chi connectivity index (χ1) is 11.4. The fourth-order valence-corrected chi connectivity index (χ4v) is 6.04. The highest BCUT2D eigenvalue weighted by molar-refractivity contribution is 7.91. The predicted octanol–water partition coefficient (Wildman–Crippen LogP) is 0.741. The zero-order chi connectivity index (χ0) is 17.3. The van der Waals surface area contributed by atoms with Crippen molar-refractivity contribution in [3.63, 3.8) is 0 Å². The molecule has 1 aromatic rings. The molecule has 2 N–H and O–H groups in total. The topological polar surface area (TPSA) is 92.9 Å². The number of hydrogen-bond acceptors (Lipinski definition) is 6. The zero-order valence-corrected chi connectivity index (χ0v) is 15.4. The molecule has 2 aliphatic rings. The number of halogens is 1. The van der Waals surface area contributed by atoms with Gasteiger partial charge in [-0.1, -0.05) is 11.6 Å². The number of thiophene rings is 1. The lowest BCUT2D eigenvalue weighted by molar-refractivity contribution is -0.143. The first-order valence-electron chi connectivity index (χ1n) is 7.81. The highest BCUT2D eigenvalue weighted by Crippen LogP contribution is 2.29. The molecule has 3 rings (SSSR count). The van der Waals surface area contributed by atoms with E-state index in [9.17, 15) is 13.2 Å². The SMILES string of the molecule is NC[C@H]1CC[C@@H](C(=O)N2CCN(S(=O)(=O)c3ccc(Cl)s3)CC2)O1. The summed E-state index contributed by atoms with van der Waals surface area (Å²) in [5.74, 6) is -0.0674. The van der Waals surface area contributed by atoms with Crippen LogP contribution in [0, 0.1) is 0 Å². The van der Waals surface area contributed by atoms with Gasteiger partial charge in [0.15, 0.2) is 0 Å². The fraction of sp³-hybridized carbons (Fsp3) is 0.643. The molecule has 10 heteroatoms. The van der Waals surface area contributed by atoms with Crippen LogP contribution in [0.1, 0.15) is 12.8 Å². The van der Waals surface area contributed by atoms with E-state index < -0.39 is 16.1 Å². The first kappa shape index (κ1) is 18.1. The number of piperazine rings is 1. The molecule has 0 saturated carbocycles.